The number of hydrogen-bond donors (Lipinski definition) is 0. The second kappa shape index (κ2) is 9.26. The molecule has 0 saturated heterocycles. The molecule has 0 bridgehead atoms. The van der Waals surface area contributed by atoms with Gasteiger partial charge in [-0.25, -0.2) is 0 Å². The Bertz CT molecular complexity index is 767. The molecule has 3 aromatic rings. The lowest BCUT2D eigenvalue weighted by Gasteiger charge is -2.38. The van der Waals surface area contributed by atoms with Crippen molar-refractivity contribution in [2.75, 3.05) is 28.2 Å². The van der Waals surface area contributed by atoms with Gasteiger partial charge in [-0.05, 0) is 6.92 Å². The summed E-state index contributed by atoms with van der Waals surface area (Å²) >= 11 is 0. The number of quaternary nitrogens is 1. The Kier molecular flexibility index (Phi) is 7.05. The van der Waals surface area contributed by atoms with Crippen molar-refractivity contribution in [1.82, 2.24) is 0 Å². The molecule has 3 aromatic carbocycles. The highest BCUT2D eigenvalue weighted by Crippen LogP contribution is 2.06. The normalized spacial score (nSPS) is 10.9. The molecule has 138 valence electrons. The molecule has 0 saturated carbocycles. The van der Waals surface area contributed by atoms with Gasteiger partial charge in [-0.3, -0.25) is 5.82 Å². The third-order valence-corrected chi connectivity index (χ3v) is 4.26. The lowest BCUT2D eigenvalue weighted by Crippen LogP contribution is -2.66. The summed E-state index contributed by atoms with van der Waals surface area (Å²) < 4.78 is 1.00. The van der Waals surface area contributed by atoms with Crippen LogP contribution in [-0.2, 0) is 0 Å². The standard InChI is InChI=1S/C21H18B.C4H12N/c1-2-18-22(19-12-6-3-7-13-19,20-14-8-4-9-15-20)21-16-10-5-11-17-21;1-5(2,3)4/h3-17H,1H3;1-4H3/q-1;+1. The summed E-state index contributed by atoms with van der Waals surface area (Å²) in [6.07, 6.45) is -1.27. The lowest BCUT2D eigenvalue weighted by molar-refractivity contribution is -0.849. The first kappa shape index (κ1) is 20.6. The van der Waals surface area contributed by atoms with E-state index < -0.39 is 6.15 Å². The van der Waals surface area contributed by atoms with Crippen molar-refractivity contribution in [2.45, 2.75) is 6.92 Å². The van der Waals surface area contributed by atoms with Gasteiger partial charge in [0.05, 0.1) is 28.2 Å². The van der Waals surface area contributed by atoms with Gasteiger partial charge in [-0.1, -0.05) is 91.0 Å². The Morgan fingerprint density at radius 3 is 1.04 bits per heavy atom. The van der Waals surface area contributed by atoms with Crippen LogP contribution in [0.1, 0.15) is 6.92 Å². The molecule has 0 N–H and O–H groups in total. The molecule has 2 heteroatoms. The van der Waals surface area contributed by atoms with E-state index in [0.717, 1.165) is 4.48 Å². The van der Waals surface area contributed by atoms with Crippen LogP contribution in [0.4, 0.5) is 0 Å². The molecule has 0 unspecified atom stereocenters. The predicted octanol–water partition coefficient (Wildman–Crippen LogP) is 3.04. The number of nitrogens with zero attached hydrogens (tertiary/aromatic N) is 1. The van der Waals surface area contributed by atoms with Gasteiger partial charge in [0.1, 0.15) is 6.15 Å². The third-order valence-electron chi connectivity index (χ3n) is 4.26. The highest BCUT2D eigenvalue weighted by molar-refractivity contribution is 7.16. The molecule has 0 aromatic heterocycles. The third kappa shape index (κ3) is 5.61. The van der Waals surface area contributed by atoms with Gasteiger partial charge in [-0.15, -0.1) is 0 Å². The van der Waals surface area contributed by atoms with Crippen LogP contribution >= 0.6 is 0 Å². The van der Waals surface area contributed by atoms with Gasteiger partial charge in [0, 0.05) is 0 Å². The molecule has 0 amide bonds. The summed E-state index contributed by atoms with van der Waals surface area (Å²) in [4.78, 5) is 0. The van der Waals surface area contributed by atoms with Gasteiger partial charge in [0.15, 0.2) is 0 Å². The van der Waals surface area contributed by atoms with E-state index in [-0.39, 0.29) is 0 Å². The van der Waals surface area contributed by atoms with E-state index in [1.807, 2.05) is 6.92 Å². The van der Waals surface area contributed by atoms with Crippen LogP contribution in [-0.4, -0.2) is 38.8 Å². The van der Waals surface area contributed by atoms with Gasteiger partial charge in [0.25, 0.3) is 0 Å². The lowest BCUT2D eigenvalue weighted by atomic mass is 9.16. The number of benzene rings is 3. The van der Waals surface area contributed by atoms with Crippen molar-refractivity contribution in [1.29, 1.82) is 0 Å². The van der Waals surface area contributed by atoms with Crippen LogP contribution in [0.5, 0.6) is 0 Å². The minimum atomic E-state index is -1.27. The van der Waals surface area contributed by atoms with E-state index in [4.69, 9.17) is 0 Å². The molecule has 1 nitrogen and oxygen atoms in total. The van der Waals surface area contributed by atoms with E-state index in [1.165, 1.54) is 16.4 Å². The van der Waals surface area contributed by atoms with Crippen LogP contribution in [0.25, 0.3) is 0 Å². The van der Waals surface area contributed by atoms with Gasteiger partial charge >= 0.3 is 0 Å². The van der Waals surface area contributed by atoms with Gasteiger partial charge < -0.3 is 4.48 Å². The van der Waals surface area contributed by atoms with E-state index >= 15 is 0 Å². The van der Waals surface area contributed by atoms with Gasteiger partial charge in [-0.2, -0.15) is 22.3 Å². The smallest absolute Gasteiger partial charge is 0.149 e. The average molecular weight is 355 g/mol. The minimum Gasteiger partial charge on any atom is -0.333 e. The average Bonchev–Trinajstić information content (AvgIpc) is 2.67. The van der Waals surface area contributed by atoms with Crippen LogP contribution < -0.4 is 16.4 Å². The molecule has 0 heterocycles. The van der Waals surface area contributed by atoms with Crippen molar-refractivity contribution in [3.8, 4) is 11.7 Å². The molecule has 0 aliphatic heterocycles. The van der Waals surface area contributed by atoms with Crippen molar-refractivity contribution in [3.05, 3.63) is 91.0 Å². The molecule has 0 atom stereocenters. The molecule has 27 heavy (non-hydrogen) atoms. The molecular weight excluding hydrogens is 325 g/mol. The maximum absolute atomic E-state index is 3.56. The highest BCUT2D eigenvalue weighted by Gasteiger charge is 2.27. The van der Waals surface area contributed by atoms with E-state index in [9.17, 15) is 0 Å². The maximum atomic E-state index is 3.56. The minimum absolute atomic E-state index is 1.00. The first-order valence-corrected chi connectivity index (χ1v) is 9.43. The Morgan fingerprint density at radius 2 is 0.815 bits per heavy atom. The van der Waals surface area contributed by atoms with E-state index in [1.54, 1.807) is 0 Å². The Balaban J connectivity index is 0.000000465. The Morgan fingerprint density at radius 1 is 0.556 bits per heavy atom. The van der Waals surface area contributed by atoms with Crippen LogP contribution in [0.15, 0.2) is 91.0 Å². The van der Waals surface area contributed by atoms with Crippen LogP contribution in [0, 0.1) is 11.7 Å². The first-order chi connectivity index (χ1) is 12.9. The topological polar surface area (TPSA) is 0 Å². The number of rotatable bonds is 3. The molecule has 0 radical (unpaired) electrons. The summed E-state index contributed by atoms with van der Waals surface area (Å²) in [5.41, 5.74) is 3.78. The van der Waals surface area contributed by atoms with Crippen LogP contribution in [0.3, 0.4) is 0 Å². The summed E-state index contributed by atoms with van der Waals surface area (Å²) in [5.74, 6) is 6.74. The van der Waals surface area contributed by atoms with Crippen molar-refractivity contribution >= 4 is 22.5 Å². The van der Waals surface area contributed by atoms with E-state index in [0.29, 0.717) is 0 Å². The zero-order chi connectivity index (χ0) is 19.8. The monoisotopic (exact) mass is 355 g/mol. The molecule has 0 spiro atoms. The summed E-state index contributed by atoms with van der Waals surface area (Å²) in [6, 6.07) is 31.8. The number of hydrogen-bond acceptors (Lipinski definition) is 0. The zero-order valence-corrected chi connectivity index (χ0v) is 17.2. The zero-order valence-electron chi connectivity index (χ0n) is 17.2. The summed E-state index contributed by atoms with van der Waals surface area (Å²) in [5, 5.41) is 0. The predicted molar refractivity (Wildman–Crippen MR) is 121 cm³/mol. The molecular formula is C25H30BN. The Hall–Kier alpha value is -2.76. The second-order valence-electron chi connectivity index (χ2n) is 8.18. The quantitative estimate of drug-likeness (QED) is 0.385. The van der Waals surface area contributed by atoms with Crippen molar-refractivity contribution < 1.29 is 4.48 Å². The fourth-order valence-electron chi connectivity index (χ4n) is 3.27. The molecule has 3 rings (SSSR count). The fraction of sp³-hybridized carbons (Fsp3) is 0.200. The van der Waals surface area contributed by atoms with Crippen molar-refractivity contribution in [3.63, 3.8) is 0 Å². The molecule has 0 aliphatic rings. The highest BCUT2D eigenvalue weighted by atomic mass is 15.2. The first-order valence-electron chi connectivity index (χ1n) is 9.43. The molecule has 0 aliphatic carbocycles. The van der Waals surface area contributed by atoms with Crippen LogP contribution in [0.2, 0.25) is 0 Å². The van der Waals surface area contributed by atoms with E-state index in [2.05, 4.69) is 131 Å². The largest absolute Gasteiger partial charge is 0.333 e. The second-order valence-corrected chi connectivity index (χ2v) is 8.18. The molecule has 0 fully saturated rings. The summed E-state index contributed by atoms with van der Waals surface area (Å²) in [7, 11) is 8.50. The Labute approximate surface area is 165 Å². The van der Waals surface area contributed by atoms with Gasteiger partial charge in [0.2, 0.25) is 0 Å². The summed E-state index contributed by atoms with van der Waals surface area (Å²) in [6.45, 7) is 1.92. The fourth-order valence-corrected chi connectivity index (χ4v) is 3.27. The SMILES string of the molecule is CC#C[B-](c1ccccc1)(c1ccccc1)c1ccccc1.C[N+](C)(C)C. The van der Waals surface area contributed by atoms with Crippen molar-refractivity contribution in [2.24, 2.45) is 0 Å². The maximum Gasteiger partial charge on any atom is 0.149 e.